The predicted octanol–water partition coefficient (Wildman–Crippen LogP) is 2.76. The highest BCUT2D eigenvalue weighted by atomic mass is 19.4. The lowest BCUT2D eigenvalue weighted by molar-refractivity contribution is -0.140. The maximum Gasteiger partial charge on any atom is 0.416 e. The fraction of sp³-hybridized carbons (Fsp3) is 0.625. The van der Waals surface area contributed by atoms with Crippen LogP contribution in [0.1, 0.15) is 49.3 Å². The highest BCUT2D eigenvalue weighted by molar-refractivity contribution is 6.05. The Morgan fingerprint density at radius 3 is 2.18 bits per heavy atom. The lowest BCUT2D eigenvalue weighted by Gasteiger charge is -2.35. The Hall–Kier alpha value is -2.46. The Morgan fingerprint density at radius 2 is 1.62 bits per heavy atom. The van der Waals surface area contributed by atoms with Crippen molar-refractivity contribution in [2.75, 3.05) is 39.4 Å². The monoisotopic (exact) mass is 481 g/mol. The molecule has 1 N–H and O–H groups in total. The average Bonchev–Trinajstić information content (AvgIpc) is 3.08. The normalized spacial score (nSPS) is 24.7. The second kappa shape index (κ2) is 10.4. The van der Waals surface area contributed by atoms with Crippen LogP contribution in [0.5, 0.6) is 0 Å². The van der Waals surface area contributed by atoms with Gasteiger partial charge >= 0.3 is 6.18 Å². The number of rotatable bonds is 7. The first kappa shape index (κ1) is 24.7. The van der Waals surface area contributed by atoms with Gasteiger partial charge in [-0.15, -0.1) is 0 Å². The summed E-state index contributed by atoms with van der Waals surface area (Å²) in [4.78, 5) is 41.1. The second-order valence-corrected chi connectivity index (χ2v) is 9.16. The van der Waals surface area contributed by atoms with Gasteiger partial charge < -0.3 is 10.1 Å². The molecule has 3 amide bonds. The van der Waals surface area contributed by atoms with Crippen molar-refractivity contribution in [3.63, 3.8) is 0 Å². The number of nitrogens with zero attached hydrogens (tertiary/aromatic N) is 2. The minimum atomic E-state index is -4.41. The number of hydrogen-bond acceptors (Lipinski definition) is 5. The molecule has 1 aromatic rings. The summed E-state index contributed by atoms with van der Waals surface area (Å²) < 4.78 is 44.3. The predicted molar refractivity (Wildman–Crippen MR) is 116 cm³/mol. The molecule has 1 saturated carbocycles. The third-order valence-electron chi connectivity index (χ3n) is 7.10. The number of morpholine rings is 1. The minimum absolute atomic E-state index is 0.000235. The van der Waals surface area contributed by atoms with Crippen molar-refractivity contribution in [2.24, 2.45) is 11.8 Å². The largest absolute Gasteiger partial charge is 0.416 e. The van der Waals surface area contributed by atoms with Crippen LogP contribution < -0.4 is 5.32 Å². The van der Waals surface area contributed by atoms with E-state index in [1.165, 1.54) is 17.0 Å². The van der Waals surface area contributed by atoms with Crippen LogP contribution in [0.15, 0.2) is 24.3 Å². The Labute approximate surface area is 196 Å². The van der Waals surface area contributed by atoms with E-state index in [9.17, 15) is 27.6 Å². The number of nitrogens with one attached hydrogen (secondary N) is 1. The quantitative estimate of drug-likeness (QED) is 0.606. The Morgan fingerprint density at radius 1 is 1.03 bits per heavy atom. The molecule has 186 valence electrons. The molecule has 10 heteroatoms. The fourth-order valence-corrected chi connectivity index (χ4v) is 5.20. The number of fused-ring (bicyclic) bond motifs is 1. The second-order valence-electron chi connectivity index (χ2n) is 9.16. The zero-order valence-corrected chi connectivity index (χ0v) is 19.0. The molecular weight excluding hydrogens is 451 g/mol. The van der Waals surface area contributed by atoms with Gasteiger partial charge in [0.25, 0.3) is 0 Å². The molecule has 3 fully saturated rings. The molecule has 34 heavy (non-hydrogen) atoms. The smallest absolute Gasteiger partial charge is 0.379 e. The number of halogens is 3. The molecule has 0 radical (unpaired) electrons. The summed E-state index contributed by atoms with van der Waals surface area (Å²) in [5, 5.41) is 2.85. The molecule has 4 rings (SSSR count). The number of benzene rings is 1. The first-order valence-electron chi connectivity index (χ1n) is 11.9. The Kier molecular flexibility index (Phi) is 7.57. The molecule has 2 heterocycles. The average molecular weight is 482 g/mol. The van der Waals surface area contributed by atoms with Crippen LogP contribution in [0.2, 0.25) is 0 Å². The highest BCUT2D eigenvalue weighted by Crippen LogP contribution is 2.38. The summed E-state index contributed by atoms with van der Waals surface area (Å²) in [7, 11) is 0. The zero-order chi connectivity index (χ0) is 24.3. The van der Waals surface area contributed by atoms with Gasteiger partial charge in [0.05, 0.1) is 36.7 Å². The van der Waals surface area contributed by atoms with E-state index in [4.69, 9.17) is 4.74 Å². The van der Waals surface area contributed by atoms with Crippen molar-refractivity contribution in [3.8, 4) is 0 Å². The number of hydrogen-bond donors (Lipinski definition) is 1. The molecule has 0 spiro atoms. The Bertz CT molecular complexity index is 876. The van der Waals surface area contributed by atoms with E-state index >= 15 is 0 Å². The molecule has 3 aliphatic rings. The van der Waals surface area contributed by atoms with Crippen molar-refractivity contribution in [1.82, 2.24) is 15.1 Å². The van der Waals surface area contributed by atoms with Crippen LogP contribution in [-0.2, 0) is 25.3 Å². The van der Waals surface area contributed by atoms with Gasteiger partial charge in [0, 0.05) is 32.6 Å². The van der Waals surface area contributed by atoms with Gasteiger partial charge in [-0.1, -0.05) is 25.0 Å². The highest BCUT2D eigenvalue weighted by Gasteiger charge is 2.47. The van der Waals surface area contributed by atoms with E-state index in [-0.39, 0.29) is 55.1 Å². The number of amides is 3. The molecule has 7 nitrogen and oxygen atoms in total. The number of carbonyl (C=O) groups excluding carboxylic acids is 3. The number of ether oxygens (including phenoxy) is 1. The zero-order valence-electron chi connectivity index (χ0n) is 19.0. The molecule has 0 aromatic heterocycles. The standard InChI is InChI=1S/C24H30F3N3O4/c25-24(26,27)17-7-5-16(6-8-17)20(29-11-13-34-14-12-29)15-28-21(31)9-10-30-22(32)18-3-1-2-4-19(18)23(30)33/h5-8,18-20H,1-4,9-15H2,(H,28,31). The first-order valence-corrected chi connectivity index (χ1v) is 11.9. The van der Waals surface area contributed by atoms with Crippen LogP contribution in [0.4, 0.5) is 13.2 Å². The lowest BCUT2D eigenvalue weighted by Crippen LogP contribution is -2.44. The number of carbonyl (C=O) groups is 3. The summed E-state index contributed by atoms with van der Waals surface area (Å²) in [6.07, 6.45) is -1.07. The third kappa shape index (κ3) is 5.43. The molecule has 2 saturated heterocycles. The molecule has 3 unspecified atom stereocenters. The maximum atomic E-state index is 13.0. The summed E-state index contributed by atoms with van der Waals surface area (Å²) in [6, 6.07) is 4.67. The summed E-state index contributed by atoms with van der Waals surface area (Å²) in [5.41, 5.74) is -0.0503. The SMILES string of the molecule is O=C(CCN1C(=O)C2CCCCC2C1=O)NCC(c1ccc(C(F)(F)F)cc1)N1CCOCC1. The van der Waals surface area contributed by atoms with Crippen LogP contribution in [0, 0.1) is 11.8 Å². The first-order chi connectivity index (χ1) is 16.3. The summed E-state index contributed by atoms with van der Waals surface area (Å²) in [5.74, 6) is -1.12. The summed E-state index contributed by atoms with van der Waals surface area (Å²) >= 11 is 0. The molecule has 3 atom stereocenters. The van der Waals surface area contributed by atoms with E-state index in [2.05, 4.69) is 10.2 Å². The minimum Gasteiger partial charge on any atom is -0.379 e. The van der Waals surface area contributed by atoms with Gasteiger partial charge in [-0.25, -0.2) is 0 Å². The number of likely N-dealkylation sites (tertiary alicyclic amines) is 1. The fourth-order valence-electron chi connectivity index (χ4n) is 5.20. The number of alkyl halides is 3. The van der Waals surface area contributed by atoms with Crippen LogP contribution >= 0.6 is 0 Å². The van der Waals surface area contributed by atoms with E-state index in [0.717, 1.165) is 37.8 Å². The van der Waals surface area contributed by atoms with Gasteiger partial charge in [0.1, 0.15) is 0 Å². The van der Waals surface area contributed by atoms with Crippen molar-refractivity contribution >= 4 is 17.7 Å². The summed E-state index contributed by atoms with van der Waals surface area (Å²) in [6.45, 7) is 2.47. The van der Waals surface area contributed by atoms with Gasteiger partial charge in [-0.3, -0.25) is 24.2 Å². The molecule has 2 aliphatic heterocycles. The van der Waals surface area contributed by atoms with E-state index in [0.29, 0.717) is 31.9 Å². The molecule has 1 aliphatic carbocycles. The van der Waals surface area contributed by atoms with E-state index in [1.54, 1.807) is 0 Å². The van der Waals surface area contributed by atoms with Crippen LogP contribution in [0.3, 0.4) is 0 Å². The van der Waals surface area contributed by atoms with E-state index < -0.39 is 11.7 Å². The number of imide groups is 1. The van der Waals surface area contributed by atoms with Gasteiger partial charge in [-0.2, -0.15) is 13.2 Å². The molecule has 0 bridgehead atoms. The Balaban J connectivity index is 1.36. The maximum absolute atomic E-state index is 13.0. The third-order valence-corrected chi connectivity index (χ3v) is 7.10. The lowest BCUT2D eigenvalue weighted by atomic mass is 9.81. The van der Waals surface area contributed by atoms with Crippen molar-refractivity contribution in [3.05, 3.63) is 35.4 Å². The van der Waals surface area contributed by atoms with Crippen molar-refractivity contribution < 1.29 is 32.3 Å². The van der Waals surface area contributed by atoms with E-state index in [1.807, 2.05) is 0 Å². The van der Waals surface area contributed by atoms with Crippen LogP contribution in [0.25, 0.3) is 0 Å². The van der Waals surface area contributed by atoms with Crippen LogP contribution in [-0.4, -0.2) is 66.9 Å². The van der Waals surface area contributed by atoms with Gasteiger partial charge in [0.2, 0.25) is 17.7 Å². The van der Waals surface area contributed by atoms with Gasteiger partial charge in [0.15, 0.2) is 0 Å². The van der Waals surface area contributed by atoms with Gasteiger partial charge in [-0.05, 0) is 30.5 Å². The molecular formula is C24H30F3N3O4. The topological polar surface area (TPSA) is 79.0 Å². The molecule has 1 aromatic carbocycles. The van der Waals surface area contributed by atoms with Crippen molar-refractivity contribution in [1.29, 1.82) is 0 Å². The van der Waals surface area contributed by atoms with Crippen molar-refractivity contribution in [2.45, 2.75) is 44.3 Å².